The second-order valence-corrected chi connectivity index (χ2v) is 6.22. The Morgan fingerprint density at radius 3 is 2.43 bits per heavy atom. The van der Waals surface area contributed by atoms with Gasteiger partial charge in [-0.05, 0) is 46.3 Å². The minimum Gasteiger partial charge on any atom is -0.478 e. The third-order valence-electron chi connectivity index (χ3n) is 2.66. The van der Waals surface area contributed by atoms with E-state index in [1.807, 2.05) is 0 Å². The average molecular weight is 433 g/mol. The van der Waals surface area contributed by atoms with Crippen molar-refractivity contribution in [3.63, 3.8) is 0 Å². The van der Waals surface area contributed by atoms with Gasteiger partial charge in [0.2, 0.25) is 0 Å². The first kappa shape index (κ1) is 16.0. The van der Waals surface area contributed by atoms with Crippen molar-refractivity contribution in [1.29, 1.82) is 0 Å². The van der Waals surface area contributed by atoms with Crippen molar-refractivity contribution in [1.82, 2.24) is 0 Å². The van der Waals surface area contributed by atoms with Gasteiger partial charge in [0.15, 0.2) is 0 Å². The molecule has 2 aromatic carbocycles. The Morgan fingerprint density at radius 1 is 1.10 bits per heavy atom. The molecule has 0 bridgehead atoms. The summed E-state index contributed by atoms with van der Waals surface area (Å²) in [6.07, 6.45) is 0. The van der Waals surface area contributed by atoms with Gasteiger partial charge in [-0.1, -0.05) is 33.6 Å². The summed E-state index contributed by atoms with van der Waals surface area (Å²) < 4.78 is 1.40. The van der Waals surface area contributed by atoms with Gasteiger partial charge < -0.3 is 10.4 Å². The maximum Gasteiger partial charge on any atom is 0.337 e. The summed E-state index contributed by atoms with van der Waals surface area (Å²) in [5.41, 5.74) is 0.380. The molecule has 0 aliphatic heterocycles. The Labute approximate surface area is 142 Å². The van der Waals surface area contributed by atoms with E-state index in [0.717, 1.165) is 4.47 Å². The fourth-order valence-electron chi connectivity index (χ4n) is 1.68. The topological polar surface area (TPSA) is 66.4 Å². The van der Waals surface area contributed by atoms with E-state index in [1.54, 1.807) is 18.2 Å². The number of carboxylic acids is 1. The first-order valence-electron chi connectivity index (χ1n) is 5.68. The molecule has 0 saturated carbocycles. The number of carbonyl (C=O) groups is 2. The number of carbonyl (C=O) groups excluding carboxylic acids is 1. The SMILES string of the molecule is O=C(Nc1c(Cl)cccc1C(=O)O)c1ccc(Br)cc1Br. The highest BCUT2D eigenvalue weighted by Crippen LogP contribution is 2.28. The summed E-state index contributed by atoms with van der Waals surface area (Å²) in [7, 11) is 0. The fraction of sp³-hybridized carbons (Fsp3) is 0. The van der Waals surface area contributed by atoms with Crippen LogP contribution in [0.4, 0.5) is 5.69 Å². The van der Waals surface area contributed by atoms with Crippen LogP contribution in [0, 0.1) is 0 Å². The number of nitrogens with one attached hydrogen (secondary N) is 1. The van der Waals surface area contributed by atoms with Gasteiger partial charge in [-0.3, -0.25) is 4.79 Å². The molecule has 0 aliphatic carbocycles. The van der Waals surface area contributed by atoms with Gasteiger partial charge in [-0.15, -0.1) is 0 Å². The molecule has 108 valence electrons. The molecular weight excluding hydrogens is 425 g/mol. The normalized spacial score (nSPS) is 10.2. The monoisotopic (exact) mass is 431 g/mol. The summed E-state index contributed by atoms with van der Waals surface area (Å²) in [4.78, 5) is 23.4. The largest absolute Gasteiger partial charge is 0.478 e. The number of aromatic carboxylic acids is 1. The molecule has 0 aliphatic rings. The van der Waals surface area contributed by atoms with Crippen LogP contribution in [0.5, 0.6) is 0 Å². The van der Waals surface area contributed by atoms with Gasteiger partial charge in [0, 0.05) is 8.95 Å². The van der Waals surface area contributed by atoms with Crippen LogP contribution >= 0.6 is 43.5 Å². The molecule has 0 spiro atoms. The summed E-state index contributed by atoms with van der Waals surface area (Å²) in [5.74, 6) is -1.62. The molecule has 0 aromatic heterocycles. The third kappa shape index (κ3) is 3.64. The summed E-state index contributed by atoms with van der Waals surface area (Å²) in [6.45, 7) is 0. The van der Waals surface area contributed by atoms with Gasteiger partial charge in [-0.2, -0.15) is 0 Å². The van der Waals surface area contributed by atoms with E-state index in [2.05, 4.69) is 37.2 Å². The van der Waals surface area contributed by atoms with Crippen LogP contribution in [0.3, 0.4) is 0 Å². The van der Waals surface area contributed by atoms with Crippen molar-refractivity contribution in [2.75, 3.05) is 5.32 Å². The lowest BCUT2D eigenvalue weighted by Crippen LogP contribution is -2.15. The molecule has 4 nitrogen and oxygen atoms in total. The van der Waals surface area contributed by atoms with Crippen LogP contribution in [0.2, 0.25) is 5.02 Å². The molecule has 0 saturated heterocycles. The number of halogens is 3. The Bertz CT molecular complexity index is 734. The highest BCUT2D eigenvalue weighted by molar-refractivity contribution is 9.11. The van der Waals surface area contributed by atoms with Crippen LogP contribution in [0.25, 0.3) is 0 Å². The van der Waals surface area contributed by atoms with Crippen molar-refractivity contribution in [2.45, 2.75) is 0 Å². The molecule has 7 heteroatoms. The molecule has 0 radical (unpaired) electrons. The molecule has 0 heterocycles. The zero-order chi connectivity index (χ0) is 15.6. The lowest BCUT2D eigenvalue weighted by atomic mass is 10.1. The predicted molar refractivity (Wildman–Crippen MR) is 88.2 cm³/mol. The lowest BCUT2D eigenvalue weighted by Gasteiger charge is -2.11. The number of hydrogen-bond donors (Lipinski definition) is 2. The van der Waals surface area contributed by atoms with Crippen LogP contribution in [-0.4, -0.2) is 17.0 Å². The Balaban J connectivity index is 2.38. The lowest BCUT2D eigenvalue weighted by molar-refractivity contribution is 0.0698. The summed E-state index contributed by atoms with van der Waals surface area (Å²) >= 11 is 12.6. The maximum atomic E-state index is 12.3. The maximum absolute atomic E-state index is 12.3. The average Bonchev–Trinajstić information content (AvgIpc) is 2.40. The van der Waals surface area contributed by atoms with Gasteiger partial charge in [0.05, 0.1) is 21.8 Å². The Kier molecular flexibility index (Phi) is 5.03. The van der Waals surface area contributed by atoms with E-state index in [-0.39, 0.29) is 16.3 Å². The zero-order valence-electron chi connectivity index (χ0n) is 10.4. The number of anilines is 1. The predicted octanol–water partition coefficient (Wildman–Crippen LogP) is 4.82. The molecule has 2 aromatic rings. The number of para-hydroxylation sites is 1. The summed E-state index contributed by atoms with van der Waals surface area (Å²) in [5, 5.41) is 11.8. The van der Waals surface area contributed by atoms with E-state index in [1.165, 1.54) is 18.2 Å². The molecule has 0 unspecified atom stereocenters. The minimum absolute atomic E-state index is 0.0657. The molecule has 21 heavy (non-hydrogen) atoms. The Hall–Kier alpha value is -1.37. The molecule has 2 rings (SSSR count). The van der Waals surface area contributed by atoms with Crippen molar-refractivity contribution >= 4 is 61.0 Å². The second-order valence-electron chi connectivity index (χ2n) is 4.05. The molecule has 2 N–H and O–H groups in total. The second kappa shape index (κ2) is 6.60. The van der Waals surface area contributed by atoms with E-state index in [4.69, 9.17) is 16.7 Å². The standard InChI is InChI=1S/C14H8Br2ClNO3/c15-7-4-5-8(10(16)6-7)13(19)18-12-9(14(20)21)2-1-3-11(12)17/h1-6H,(H,18,19)(H,20,21). The third-order valence-corrected chi connectivity index (χ3v) is 4.12. The number of amides is 1. The van der Waals surface area contributed by atoms with Gasteiger partial charge in [-0.25, -0.2) is 4.79 Å². The molecule has 1 amide bonds. The number of rotatable bonds is 3. The number of hydrogen-bond acceptors (Lipinski definition) is 2. The van der Waals surface area contributed by atoms with E-state index < -0.39 is 11.9 Å². The zero-order valence-corrected chi connectivity index (χ0v) is 14.3. The van der Waals surface area contributed by atoms with Crippen LogP contribution in [-0.2, 0) is 0 Å². The van der Waals surface area contributed by atoms with E-state index >= 15 is 0 Å². The van der Waals surface area contributed by atoms with Crippen LogP contribution < -0.4 is 5.32 Å². The quantitative estimate of drug-likeness (QED) is 0.730. The first-order valence-corrected chi connectivity index (χ1v) is 7.64. The number of carboxylic acid groups (broad SMARTS) is 1. The highest BCUT2D eigenvalue weighted by Gasteiger charge is 2.17. The molecular formula is C14H8Br2ClNO3. The minimum atomic E-state index is -1.16. The van der Waals surface area contributed by atoms with E-state index in [0.29, 0.717) is 10.0 Å². The van der Waals surface area contributed by atoms with Crippen molar-refractivity contribution in [2.24, 2.45) is 0 Å². The first-order chi connectivity index (χ1) is 9.90. The summed E-state index contributed by atoms with van der Waals surface area (Å²) in [6, 6.07) is 9.45. The molecule has 0 atom stereocenters. The highest BCUT2D eigenvalue weighted by atomic mass is 79.9. The van der Waals surface area contributed by atoms with Gasteiger partial charge >= 0.3 is 5.97 Å². The van der Waals surface area contributed by atoms with Crippen molar-refractivity contribution in [3.05, 3.63) is 61.5 Å². The van der Waals surface area contributed by atoms with Crippen molar-refractivity contribution < 1.29 is 14.7 Å². The fourth-order valence-corrected chi connectivity index (χ4v) is 3.13. The number of benzene rings is 2. The van der Waals surface area contributed by atoms with Crippen LogP contribution in [0.1, 0.15) is 20.7 Å². The van der Waals surface area contributed by atoms with Crippen molar-refractivity contribution in [3.8, 4) is 0 Å². The van der Waals surface area contributed by atoms with Crippen LogP contribution in [0.15, 0.2) is 45.3 Å². The molecule has 0 fully saturated rings. The smallest absolute Gasteiger partial charge is 0.337 e. The van der Waals surface area contributed by atoms with Gasteiger partial charge in [0.1, 0.15) is 0 Å². The van der Waals surface area contributed by atoms with Gasteiger partial charge in [0.25, 0.3) is 5.91 Å². The van der Waals surface area contributed by atoms with E-state index in [9.17, 15) is 9.59 Å². The Morgan fingerprint density at radius 2 is 1.81 bits per heavy atom.